The standard InChI is InChI=1S/C18H28N6.HI/c1-2-24-12-6-7-14(24)13-21-18(19)20-11-5-10-17-22-15-8-3-4-9-16(15)23-17;/h3-4,8-9,14H,2,5-7,10-13H2,1H3,(H,22,23)(H3,19,20,21);1H. The summed E-state index contributed by atoms with van der Waals surface area (Å²) in [5.74, 6) is 1.58. The molecular weight excluding hydrogens is 427 g/mol. The van der Waals surface area contributed by atoms with E-state index in [1.54, 1.807) is 0 Å². The number of para-hydroxylation sites is 2. The summed E-state index contributed by atoms with van der Waals surface area (Å²) in [7, 11) is 0. The number of likely N-dealkylation sites (N-methyl/N-ethyl adjacent to an activating group) is 1. The first-order valence-electron chi connectivity index (χ1n) is 8.97. The zero-order valence-corrected chi connectivity index (χ0v) is 17.2. The molecule has 0 bridgehead atoms. The topological polar surface area (TPSA) is 82.3 Å². The van der Waals surface area contributed by atoms with E-state index >= 15 is 0 Å². The average molecular weight is 456 g/mol. The first-order chi connectivity index (χ1) is 11.8. The number of rotatable bonds is 7. The van der Waals surface area contributed by atoms with Crippen LogP contribution in [0.2, 0.25) is 0 Å². The van der Waals surface area contributed by atoms with Gasteiger partial charge in [0.2, 0.25) is 0 Å². The van der Waals surface area contributed by atoms with Crippen molar-refractivity contribution in [2.45, 2.75) is 38.6 Å². The summed E-state index contributed by atoms with van der Waals surface area (Å²) in [4.78, 5) is 14.9. The number of guanidine groups is 1. The van der Waals surface area contributed by atoms with Crippen molar-refractivity contribution < 1.29 is 0 Å². The van der Waals surface area contributed by atoms with Gasteiger partial charge in [0.15, 0.2) is 5.96 Å². The predicted octanol–water partition coefficient (Wildman–Crippen LogP) is 2.50. The minimum atomic E-state index is 0. The number of aromatic nitrogens is 2. The third kappa shape index (κ3) is 5.57. The Bertz CT molecular complexity index is 650. The van der Waals surface area contributed by atoms with E-state index in [0.29, 0.717) is 12.0 Å². The molecule has 0 amide bonds. The highest BCUT2D eigenvalue weighted by Crippen LogP contribution is 2.16. The normalized spacial score (nSPS) is 18.4. The fraction of sp³-hybridized carbons (Fsp3) is 0.556. The van der Waals surface area contributed by atoms with Crippen molar-refractivity contribution in [1.29, 1.82) is 0 Å². The van der Waals surface area contributed by atoms with Crippen molar-refractivity contribution in [2.24, 2.45) is 10.7 Å². The molecule has 25 heavy (non-hydrogen) atoms. The molecule has 1 aromatic heterocycles. The Hall–Kier alpha value is -1.35. The first-order valence-corrected chi connectivity index (χ1v) is 8.97. The second kappa shape index (κ2) is 9.96. The zero-order valence-electron chi connectivity index (χ0n) is 14.9. The molecule has 1 aliphatic heterocycles. The largest absolute Gasteiger partial charge is 0.370 e. The smallest absolute Gasteiger partial charge is 0.188 e. The Kier molecular flexibility index (Phi) is 7.95. The number of aromatic amines is 1. The monoisotopic (exact) mass is 456 g/mol. The van der Waals surface area contributed by atoms with Crippen LogP contribution in [0.15, 0.2) is 29.3 Å². The van der Waals surface area contributed by atoms with E-state index in [1.165, 1.54) is 19.4 Å². The van der Waals surface area contributed by atoms with Crippen LogP contribution < -0.4 is 11.1 Å². The van der Waals surface area contributed by atoms with Gasteiger partial charge in [0.1, 0.15) is 5.82 Å². The fourth-order valence-electron chi connectivity index (χ4n) is 3.37. The van der Waals surface area contributed by atoms with Gasteiger partial charge in [-0.25, -0.2) is 4.98 Å². The molecule has 1 atom stereocenters. The maximum absolute atomic E-state index is 5.98. The summed E-state index contributed by atoms with van der Waals surface area (Å²) < 4.78 is 0. The maximum Gasteiger partial charge on any atom is 0.188 e. The summed E-state index contributed by atoms with van der Waals surface area (Å²) in [6, 6.07) is 8.67. The van der Waals surface area contributed by atoms with Gasteiger partial charge < -0.3 is 16.0 Å². The van der Waals surface area contributed by atoms with Crippen LogP contribution in [0.4, 0.5) is 0 Å². The number of nitrogens with zero attached hydrogens (tertiary/aromatic N) is 3. The quantitative estimate of drug-likeness (QED) is 0.259. The van der Waals surface area contributed by atoms with Gasteiger partial charge in [0.05, 0.1) is 17.6 Å². The van der Waals surface area contributed by atoms with Crippen molar-refractivity contribution in [3.8, 4) is 0 Å². The Balaban J connectivity index is 0.00000225. The van der Waals surface area contributed by atoms with Crippen LogP contribution in [0.25, 0.3) is 11.0 Å². The van der Waals surface area contributed by atoms with E-state index in [-0.39, 0.29) is 24.0 Å². The van der Waals surface area contributed by atoms with Crippen molar-refractivity contribution >= 4 is 41.0 Å². The molecule has 2 heterocycles. The van der Waals surface area contributed by atoms with Gasteiger partial charge in [-0.1, -0.05) is 19.1 Å². The lowest BCUT2D eigenvalue weighted by Gasteiger charge is -2.20. The summed E-state index contributed by atoms with van der Waals surface area (Å²) >= 11 is 0. The van der Waals surface area contributed by atoms with Gasteiger partial charge in [-0.15, -0.1) is 24.0 Å². The second-order valence-corrected chi connectivity index (χ2v) is 6.38. The second-order valence-electron chi connectivity index (χ2n) is 6.38. The number of hydrogen-bond acceptors (Lipinski definition) is 3. The maximum atomic E-state index is 5.98. The number of fused-ring (bicyclic) bond motifs is 1. The van der Waals surface area contributed by atoms with Gasteiger partial charge in [-0.2, -0.15) is 0 Å². The Labute approximate surface area is 166 Å². The average Bonchev–Trinajstić information content (AvgIpc) is 3.22. The number of aryl methyl sites for hydroxylation is 1. The van der Waals surface area contributed by atoms with E-state index in [2.05, 4.69) is 38.2 Å². The van der Waals surface area contributed by atoms with E-state index < -0.39 is 0 Å². The SMILES string of the molecule is CCN1CCCC1CN=C(N)NCCCc1nc2ccccc2[nH]1.I. The van der Waals surface area contributed by atoms with Crippen molar-refractivity contribution in [3.63, 3.8) is 0 Å². The molecule has 0 spiro atoms. The highest BCUT2D eigenvalue weighted by Gasteiger charge is 2.22. The minimum absolute atomic E-state index is 0. The van der Waals surface area contributed by atoms with E-state index in [9.17, 15) is 0 Å². The molecule has 4 N–H and O–H groups in total. The molecule has 1 saturated heterocycles. The van der Waals surface area contributed by atoms with Crippen molar-refractivity contribution in [3.05, 3.63) is 30.1 Å². The van der Waals surface area contributed by atoms with Gasteiger partial charge in [0.25, 0.3) is 0 Å². The number of aliphatic imine (C=N–C) groups is 1. The number of hydrogen-bond donors (Lipinski definition) is 3. The van der Waals surface area contributed by atoms with Gasteiger partial charge >= 0.3 is 0 Å². The zero-order chi connectivity index (χ0) is 16.8. The molecule has 0 radical (unpaired) electrons. The summed E-state index contributed by atoms with van der Waals surface area (Å²) in [6.07, 6.45) is 4.39. The predicted molar refractivity (Wildman–Crippen MR) is 115 cm³/mol. The molecule has 3 rings (SSSR count). The molecule has 7 heteroatoms. The lowest BCUT2D eigenvalue weighted by molar-refractivity contribution is 0.273. The molecule has 1 fully saturated rings. The number of imidazole rings is 1. The highest BCUT2D eigenvalue weighted by molar-refractivity contribution is 14.0. The molecule has 138 valence electrons. The number of nitrogens with two attached hydrogens (primary N) is 1. The van der Waals surface area contributed by atoms with E-state index in [4.69, 9.17) is 5.73 Å². The molecule has 1 aliphatic rings. The molecule has 1 aromatic carbocycles. The molecule has 0 aliphatic carbocycles. The molecule has 6 nitrogen and oxygen atoms in total. The van der Waals surface area contributed by atoms with Crippen LogP contribution in [0.5, 0.6) is 0 Å². The molecule has 2 aromatic rings. The van der Waals surface area contributed by atoms with Crippen molar-refractivity contribution in [1.82, 2.24) is 20.2 Å². The van der Waals surface area contributed by atoms with E-state index in [0.717, 1.165) is 49.3 Å². The Morgan fingerprint density at radius 1 is 1.44 bits per heavy atom. The molecule has 1 unspecified atom stereocenters. The summed E-state index contributed by atoms with van der Waals surface area (Å²) in [6.45, 7) is 6.12. The van der Waals surface area contributed by atoms with Gasteiger partial charge in [0, 0.05) is 19.0 Å². The van der Waals surface area contributed by atoms with Crippen LogP contribution in [0.1, 0.15) is 32.0 Å². The third-order valence-electron chi connectivity index (χ3n) is 4.71. The fourth-order valence-corrected chi connectivity index (χ4v) is 3.37. The van der Waals surface area contributed by atoms with Crippen LogP contribution in [0.3, 0.4) is 0 Å². The summed E-state index contributed by atoms with van der Waals surface area (Å²) in [5.41, 5.74) is 8.10. The lowest BCUT2D eigenvalue weighted by Crippen LogP contribution is -2.36. The van der Waals surface area contributed by atoms with E-state index in [1.807, 2.05) is 18.2 Å². The van der Waals surface area contributed by atoms with Crippen LogP contribution in [-0.2, 0) is 6.42 Å². The Morgan fingerprint density at radius 2 is 2.28 bits per heavy atom. The molecule has 0 saturated carbocycles. The minimum Gasteiger partial charge on any atom is -0.370 e. The number of benzene rings is 1. The third-order valence-corrected chi connectivity index (χ3v) is 4.71. The Morgan fingerprint density at radius 3 is 3.08 bits per heavy atom. The molecular formula is C18H29IN6. The summed E-state index contributed by atoms with van der Waals surface area (Å²) in [5, 5.41) is 3.21. The number of likely N-dealkylation sites (tertiary alicyclic amines) is 1. The van der Waals surface area contributed by atoms with Crippen LogP contribution in [0, 0.1) is 0 Å². The van der Waals surface area contributed by atoms with Gasteiger partial charge in [-0.3, -0.25) is 9.89 Å². The van der Waals surface area contributed by atoms with Crippen molar-refractivity contribution in [2.75, 3.05) is 26.2 Å². The van der Waals surface area contributed by atoms with Crippen LogP contribution >= 0.6 is 24.0 Å². The van der Waals surface area contributed by atoms with Gasteiger partial charge in [-0.05, 0) is 44.5 Å². The highest BCUT2D eigenvalue weighted by atomic mass is 127. The number of H-pyrrole nitrogens is 1. The first kappa shape index (κ1) is 20.0. The number of nitrogens with one attached hydrogen (secondary N) is 2. The lowest BCUT2D eigenvalue weighted by atomic mass is 10.2. The number of halogens is 1. The van der Waals surface area contributed by atoms with Crippen LogP contribution in [-0.4, -0.2) is 53.0 Å².